The molecule has 0 saturated carbocycles. The Hall–Kier alpha value is -3.12. The van der Waals surface area contributed by atoms with E-state index in [0.29, 0.717) is 6.54 Å². The summed E-state index contributed by atoms with van der Waals surface area (Å²) in [6.45, 7) is 3.21. The summed E-state index contributed by atoms with van der Waals surface area (Å²) in [6, 6.07) is 13.1. The Labute approximate surface area is 198 Å². The molecule has 0 atom stereocenters. The van der Waals surface area contributed by atoms with E-state index in [2.05, 4.69) is 9.88 Å². The molecule has 1 aliphatic carbocycles. The number of likely N-dealkylation sites (tertiary alicyclic amines) is 1. The zero-order chi connectivity index (χ0) is 23.5. The van der Waals surface area contributed by atoms with Crippen LogP contribution in [0.5, 0.6) is 0 Å². The van der Waals surface area contributed by atoms with E-state index in [4.69, 9.17) is 0 Å². The van der Waals surface area contributed by atoms with Gasteiger partial charge in [0, 0.05) is 31.7 Å². The Bertz CT molecular complexity index is 1190. The lowest BCUT2D eigenvalue weighted by molar-refractivity contribution is 0.245. The molecule has 2 heterocycles. The molecule has 6 heteroatoms. The summed E-state index contributed by atoms with van der Waals surface area (Å²) < 4.78 is 28.9. The van der Waals surface area contributed by atoms with Crippen LogP contribution < -0.4 is 5.56 Å². The summed E-state index contributed by atoms with van der Waals surface area (Å²) in [6.07, 6.45) is 7.41. The number of benzene rings is 2. The second-order valence-electron chi connectivity index (χ2n) is 9.21. The van der Waals surface area contributed by atoms with Gasteiger partial charge in [0.2, 0.25) is 0 Å². The van der Waals surface area contributed by atoms with E-state index in [1.165, 1.54) is 29.8 Å². The van der Waals surface area contributed by atoms with Gasteiger partial charge in [0.05, 0.1) is 12.0 Å². The van der Waals surface area contributed by atoms with Crippen LogP contribution in [0.3, 0.4) is 0 Å². The van der Waals surface area contributed by atoms with E-state index in [9.17, 15) is 13.6 Å². The molecule has 34 heavy (non-hydrogen) atoms. The Morgan fingerprint density at radius 3 is 2.00 bits per heavy atom. The second-order valence-corrected chi connectivity index (χ2v) is 9.21. The van der Waals surface area contributed by atoms with Gasteiger partial charge in [-0.2, -0.15) is 0 Å². The number of nitrogens with zero attached hydrogens (tertiary/aromatic N) is 3. The molecule has 5 rings (SSSR count). The van der Waals surface area contributed by atoms with Crippen molar-refractivity contribution in [1.29, 1.82) is 0 Å². The van der Waals surface area contributed by atoms with Crippen molar-refractivity contribution in [2.24, 2.45) is 0 Å². The Kier molecular flexibility index (Phi) is 6.68. The number of halogens is 2. The maximum absolute atomic E-state index is 13.5. The summed E-state index contributed by atoms with van der Waals surface area (Å²) in [5.74, 6) is -0.539. The van der Waals surface area contributed by atoms with Gasteiger partial charge in [0.1, 0.15) is 11.6 Å². The minimum Gasteiger partial charge on any atom is -0.301 e. The van der Waals surface area contributed by atoms with Crippen LogP contribution in [0.25, 0.3) is 5.57 Å². The Balaban J connectivity index is 1.31. The van der Waals surface area contributed by atoms with Crippen LogP contribution in [0.1, 0.15) is 48.1 Å². The molecule has 0 unspecified atom stereocenters. The molecule has 0 radical (unpaired) electrons. The molecule has 0 bridgehead atoms. The normalized spacial score (nSPS) is 16.4. The summed E-state index contributed by atoms with van der Waals surface area (Å²) in [7, 11) is 0. The first-order valence-electron chi connectivity index (χ1n) is 12.1. The number of piperidine rings is 1. The molecular formula is C28H29F2N3O. The largest absolute Gasteiger partial charge is 0.301 e. The zero-order valence-electron chi connectivity index (χ0n) is 19.3. The fourth-order valence-corrected chi connectivity index (χ4v) is 5.14. The van der Waals surface area contributed by atoms with Gasteiger partial charge in [-0.25, -0.2) is 13.8 Å². The first kappa shape index (κ1) is 22.7. The lowest BCUT2D eigenvalue weighted by atomic mass is 9.88. The molecule has 3 aromatic rings. The SMILES string of the molecule is O=c1c2c(ncn1CCN1CCC(=C(c3ccc(F)cc3)c3ccc(F)cc3)CC1)CCCC2. The molecule has 1 saturated heterocycles. The predicted molar refractivity (Wildman–Crippen MR) is 130 cm³/mol. The van der Waals surface area contributed by atoms with Crippen LogP contribution in [0.2, 0.25) is 0 Å². The second kappa shape index (κ2) is 10.0. The van der Waals surface area contributed by atoms with E-state index >= 15 is 0 Å². The van der Waals surface area contributed by atoms with E-state index in [1.54, 1.807) is 35.2 Å². The fraction of sp³-hybridized carbons (Fsp3) is 0.357. The molecule has 2 aromatic carbocycles. The molecule has 0 spiro atoms. The van der Waals surface area contributed by atoms with Crippen molar-refractivity contribution in [2.45, 2.75) is 45.1 Å². The highest BCUT2D eigenvalue weighted by Gasteiger charge is 2.20. The Morgan fingerprint density at radius 1 is 0.794 bits per heavy atom. The monoisotopic (exact) mass is 461 g/mol. The highest BCUT2D eigenvalue weighted by Crippen LogP contribution is 2.32. The molecule has 1 aromatic heterocycles. The maximum atomic E-state index is 13.5. The number of hydrogen-bond acceptors (Lipinski definition) is 3. The van der Waals surface area contributed by atoms with Crippen LogP contribution >= 0.6 is 0 Å². The molecule has 1 fully saturated rings. The van der Waals surface area contributed by atoms with Crippen molar-refractivity contribution in [3.63, 3.8) is 0 Å². The number of aromatic nitrogens is 2. The lowest BCUT2D eigenvalue weighted by Crippen LogP contribution is -2.36. The van der Waals surface area contributed by atoms with Gasteiger partial charge >= 0.3 is 0 Å². The first-order chi connectivity index (χ1) is 16.6. The van der Waals surface area contributed by atoms with Crippen LogP contribution in [0.15, 0.2) is 65.2 Å². The van der Waals surface area contributed by atoms with Crippen molar-refractivity contribution >= 4 is 5.57 Å². The van der Waals surface area contributed by atoms with E-state index < -0.39 is 0 Å². The molecular weight excluding hydrogens is 432 g/mol. The van der Waals surface area contributed by atoms with Crippen molar-refractivity contribution in [1.82, 2.24) is 14.5 Å². The number of aryl methyl sites for hydroxylation is 1. The summed E-state index contributed by atoms with van der Waals surface area (Å²) >= 11 is 0. The fourth-order valence-electron chi connectivity index (χ4n) is 5.14. The molecule has 0 amide bonds. The van der Waals surface area contributed by atoms with Gasteiger partial charge in [-0.05, 0) is 79.5 Å². The lowest BCUT2D eigenvalue weighted by Gasteiger charge is -2.30. The van der Waals surface area contributed by atoms with Gasteiger partial charge in [-0.3, -0.25) is 9.36 Å². The van der Waals surface area contributed by atoms with Gasteiger partial charge in [-0.1, -0.05) is 29.8 Å². The van der Waals surface area contributed by atoms with Crippen LogP contribution in [0, 0.1) is 11.6 Å². The van der Waals surface area contributed by atoms with Crippen LogP contribution in [-0.4, -0.2) is 34.1 Å². The van der Waals surface area contributed by atoms with E-state index in [0.717, 1.165) is 86.1 Å². The third-order valence-electron chi connectivity index (χ3n) is 7.05. The van der Waals surface area contributed by atoms with Crippen LogP contribution in [0.4, 0.5) is 8.78 Å². The summed E-state index contributed by atoms with van der Waals surface area (Å²) in [5, 5.41) is 0. The topological polar surface area (TPSA) is 38.1 Å². The average Bonchev–Trinajstić information content (AvgIpc) is 2.87. The third kappa shape index (κ3) is 4.87. The van der Waals surface area contributed by atoms with E-state index in [1.807, 2.05) is 0 Å². The maximum Gasteiger partial charge on any atom is 0.256 e. The zero-order valence-corrected chi connectivity index (χ0v) is 19.3. The van der Waals surface area contributed by atoms with Crippen molar-refractivity contribution in [2.75, 3.05) is 19.6 Å². The highest BCUT2D eigenvalue weighted by atomic mass is 19.1. The third-order valence-corrected chi connectivity index (χ3v) is 7.05. The highest BCUT2D eigenvalue weighted by molar-refractivity contribution is 5.82. The summed E-state index contributed by atoms with van der Waals surface area (Å²) in [4.78, 5) is 19.8. The minimum atomic E-state index is -0.270. The minimum absolute atomic E-state index is 0.122. The van der Waals surface area contributed by atoms with Gasteiger partial charge in [0.25, 0.3) is 5.56 Å². The summed E-state index contributed by atoms with van der Waals surface area (Å²) in [5.41, 5.74) is 6.26. The standard InChI is InChI=1S/C28H29F2N3O/c29-23-9-5-20(6-10-23)27(21-7-11-24(30)12-8-21)22-13-15-32(16-14-22)17-18-33-19-31-26-4-2-1-3-25(26)28(33)34/h5-12,19H,1-4,13-18H2. The molecule has 176 valence electrons. The molecule has 0 N–H and O–H groups in total. The molecule has 2 aliphatic rings. The van der Waals surface area contributed by atoms with Crippen LogP contribution in [-0.2, 0) is 19.4 Å². The quantitative estimate of drug-likeness (QED) is 0.537. The van der Waals surface area contributed by atoms with E-state index in [-0.39, 0.29) is 17.2 Å². The number of rotatable bonds is 5. The van der Waals surface area contributed by atoms with Crippen molar-refractivity contribution in [3.8, 4) is 0 Å². The first-order valence-corrected chi connectivity index (χ1v) is 12.1. The van der Waals surface area contributed by atoms with Gasteiger partial charge < -0.3 is 4.90 Å². The Morgan fingerprint density at radius 2 is 1.38 bits per heavy atom. The average molecular weight is 462 g/mol. The van der Waals surface area contributed by atoms with Gasteiger partial charge in [0.15, 0.2) is 0 Å². The van der Waals surface area contributed by atoms with Crippen molar-refractivity contribution in [3.05, 3.63) is 105 Å². The number of fused-ring (bicyclic) bond motifs is 1. The number of hydrogen-bond donors (Lipinski definition) is 0. The molecule has 1 aliphatic heterocycles. The smallest absolute Gasteiger partial charge is 0.256 e. The van der Waals surface area contributed by atoms with Gasteiger partial charge in [-0.15, -0.1) is 0 Å². The van der Waals surface area contributed by atoms with Crippen molar-refractivity contribution < 1.29 is 8.78 Å². The predicted octanol–water partition coefficient (Wildman–Crippen LogP) is 5.00. The molecule has 4 nitrogen and oxygen atoms in total.